The van der Waals surface area contributed by atoms with E-state index < -0.39 is 11.7 Å². The maximum Gasteiger partial charge on any atom is 0.257 e. The van der Waals surface area contributed by atoms with Gasteiger partial charge in [-0.1, -0.05) is 12.2 Å². The van der Waals surface area contributed by atoms with Crippen LogP contribution in [0, 0.1) is 5.82 Å². The normalized spacial score (nSPS) is 10.1. The zero-order valence-electron chi connectivity index (χ0n) is 10.1. The molecule has 1 aromatic carbocycles. The molecule has 2 aromatic rings. The molecule has 0 saturated heterocycles. The smallest absolute Gasteiger partial charge is 0.257 e. The van der Waals surface area contributed by atoms with Crippen LogP contribution in [0.2, 0.25) is 0 Å². The van der Waals surface area contributed by atoms with Gasteiger partial charge in [-0.15, -0.1) is 0 Å². The van der Waals surface area contributed by atoms with Gasteiger partial charge in [0.2, 0.25) is 0 Å². The number of benzene rings is 1. The van der Waals surface area contributed by atoms with Crippen LogP contribution in [0.25, 0.3) is 0 Å². The largest absolute Gasteiger partial charge is 0.389 e. The SMILES string of the molecule is NC(=S)c1ccc(NC(=O)c2cncc(F)c2)c(Br)c1. The molecule has 0 radical (unpaired) electrons. The summed E-state index contributed by atoms with van der Waals surface area (Å²) in [6.07, 6.45) is 2.32. The molecule has 0 unspecified atom stereocenters. The number of anilines is 1. The zero-order chi connectivity index (χ0) is 14.7. The predicted octanol–water partition coefficient (Wildman–Crippen LogP) is 2.87. The predicted molar refractivity (Wildman–Crippen MR) is 82.2 cm³/mol. The number of carbonyl (C=O) groups excluding carboxylic acids is 1. The van der Waals surface area contributed by atoms with Crippen LogP contribution in [0.15, 0.2) is 41.1 Å². The fourth-order valence-electron chi connectivity index (χ4n) is 1.50. The molecule has 7 heteroatoms. The highest BCUT2D eigenvalue weighted by molar-refractivity contribution is 9.10. The van der Waals surface area contributed by atoms with E-state index in [-0.39, 0.29) is 10.6 Å². The number of thiocarbonyl (C=S) groups is 1. The van der Waals surface area contributed by atoms with Crippen molar-refractivity contribution < 1.29 is 9.18 Å². The Morgan fingerprint density at radius 3 is 2.65 bits per heavy atom. The molecule has 0 bridgehead atoms. The first-order chi connectivity index (χ1) is 9.47. The molecular weight excluding hydrogens is 345 g/mol. The molecule has 0 spiro atoms. The molecule has 0 aliphatic rings. The quantitative estimate of drug-likeness (QED) is 0.832. The van der Waals surface area contributed by atoms with Crippen LogP contribution in [-0.2, 0) is 0 Å². The van der Waals surface area contributed by atoms with Gasteiger partial charge < -0.3 is 11.1 Å². The van der Waals surface area contributed by atoms with Gasteiger partial charge in [0, 0.05) is 16.2 Å². The van der Waals surface area contributed by atoms with Crippen molar-refractivity contribution in [3.8, 4) is 0 Å². The van der Waals surface area contributed by atoms with Crippen molar-refractivity contribution in [2.45, 2.75) is 0 Å². The van der Waals surface area contributed by atoms with Gasteiger partial charge in [-0.05, 0) is 40.2 Å². The molecule has 20 heavy (non-hydrogen) atoms. The van der Waals surface area contributed by atoms with Gasteiger partial charge in [-0.25, -0.2) is 4.39 Å². The Morgan fingerprint density at radius 2 is 2.05 bits per heavy atom. The summed E-state index contributed by atoms with van der Waals surface area (Å²) < 4.78 is 13.6. The Hall–Kier alpha value is -1.86. The van der Waals surface area contributed by atoms with Crippen LogP contribution in [0.3, 0.4) is 0 Å². The Morgan fingerprint density at radius 1 is 1.30 bits per heavy atom. The first-order valence-electron chi connectivity index (χ1n) is 5.48. The summed E-state index contributed by atoms with van der Waals surface area (Å²) >= 11 is 8.17. The number of aromatic nitrogens is 1. The van der Waals surface area contributed by atoms with Gasteiger partial charge >= 0.3 is 0 Å². The number of amides is 1. The monoisotopic (exact) mass is 353 g/mol. The number of rotatable bonds is 3. The number of nitrogens with zero attached hydrogens (tertiary/aromatic N) is 1. The Labute approximate surface area is 128 Å². The van der Waals surface area contributed by atoms with E-state index in [1.54, 1.807) is 18.2 Å². The molecule has 1 amide bonds. The lowest BCUT2D eigenvalue weighted by molar-refractivity contribution is 0.102. The lowest BCUT2D eigenvalue weighted by atomic mass is 10.2. The third-order valence-corrected chi connectivity index (χ3v) is 3.36. The molecule has 4 nitrogen and oxygen atoms in total. The number of nitrogens with one attached hydrogen (secondary N) is 1. The lowest BCUT2D eigenvalue weighted by Gasteiger charge is -2.08. The third-order valence-electron chi connectivity index (χ3n) is 2.47. The van der Waals surface area contributed by atoms with Crippen molar-refractivity contribution >= 4 is 44.7 Å². The maximum absolute atomic E-state index is 13.0. The summed E-state index contributed by atoms with van der Waals surface area (Å²) in [5.41, 5.74) is 6.85. The maximum atomic E-state index is 13.0. The highest BCUT2D eigenvalue weighted by Gasteiger charge is 2.10. The first-order valence-corrected chi connectivity index (χ1v) is 6.69. The van der Waals surface area contributed by atoms with E-state index >= 15 is 0 Å². The molecule has 0 fully saturated rings. The Kier molecular flexibility index (Phi) is 4.41. The minimum atomic E-state index is -0.569. The van der Waals surface area contributed by atoms with E-state index in [0.29, 0.717) is 15.7 Å². The second-order valence-electron chi connectivity index (χ2n) is 3.90. The third kappa shape index (κ3) is 3.37. The van der Waals surface area contributed by atoms with E-state index in [1.165, 1.54) is 6.20 Å². The molecule has 0 saturated carbocycles. The van der Waals surface area contributed by atoms with Gasteiger partial charge in [0.05, 0.1) is 17.4 Å². The summed E-state index contributed by atoms with van der Waals surface area (Å²) in [6, 6.07) is 6.15. The molecule has 2 rings (SSSR count). The topological polar surface area (TPSA) is 68.0 Å². The van der Waals surface area contributed by atoms with E-state index in [9.17, 15) is 9.18 Å². The lowest BCUT2D eigenvalue weighted by Crippen LogP contribution is -2.14. The molecule has 0 aliphatic heterocycles. The Bertz CT molecular complexity index is 693. The second kappa shape index (κ2) is 6.06. The number of hydrogen-bond acceptors (Lipinski definition) is 3. The molecular formula is C13H9BrFN3OS. The number of pyridine rings is 1. The van der Waals surface area contributed by atoms with Crippen molar-refractivity contribution in [2.75, 3.05) is 5.32 Å². The molecule has 102 valence electrons. The number of halogens is 2. The van der Waals surface area contributed by atoms with Crippen LogP contribution in [0.1, 0.15) is 15.9 Å². The fourth-order valence-corrected chi connectivity index (χ4v) is 2.11. The zero-order valence-corrected chi connectivity index (χ0v) is 12.5. The van der Waals surface area contributed by atoms with Crippen LogP contribution in [0.5, 0.6) is 0 Å². The van der Waals surface area contributed by atoms with Gasteiger partial charge in [0.15, 0.2) is 0 Å². The van der Waals surface area contributed by atoms with Gasteiger partial charge in [0.25, 0.3) is 5.91 Å². The van der Waals surface area contributed by atoms with E-state index in [1.807, 2.05) is 0 Å². The van der Waals surface area contributed by atoms with Crippen LogP contribution in [-0.4, -0.2) is 15.9 Å². The van der Waals surface area contributed by atoms with Gasteiger partial charge in [-0.2, -0.15) is 0 Å². The molecule has 0 aliphatic carbocycles. The standard InChI is InChI=1S/C13H9BrFN3OS/c14-10-4-7(12(16)20)1-2-11(10)18-13(19)8-3-9(15)6-17-5-8/h1-6H,(H2,16,20)(H,18,19). The van der Waals surface area contributed by atoms with Crippen molar-refractivity contribution in [2.24, 2.45) is 5.73 Å². The highest BCUT2D eigenvalue weighted by Crippen LogP contribution is 2.24. The number of carbonyl (C=O) groups is 1. The average molecular weight is 354 g/mol. The van der Waals surface area contributed by atoms with E-state index in [4.69, 9.17) is 18.0 Å². The van der Waals surface area contributed by atoms with Crippen molar-refractivity contribution in [1.29, 1.82) is 0 Å². The second-order valence-corrected chi connectivity index (χ2v) is 5.20. The molecule has 1 aromatic heterocycles. The van der Waals surface area contributed by atoms with Gasteiger partial charge in [0.1, 0.15) is 10.8 Å². The summed E-state index contributed by atoms with van der Waals surface area (Å²) in [7, 11) is 0. The first kappa shape index (κ1) is 14.5. The number of hydrogen-bond donors (Lipinski definition) is 2. The average Bonchev–Trinajstić information content (AvgIpc) is 2.40. The Balaban J connectivity index is 2.22. The van der Waals surface area contributed by atoms with Gasteiger partial charge in [-0.3, -0.25) is 9.78 Å². The molecule has 1 heterocycles. The van der Waals surface area contributed by atoms with E-state index in [2.05, 4.69) is 26.2 Å². The van der Waals surface area contributed by atoms with Crippen molar-refractivity contribution in [3.63, 3.8) is 0 Å². The summed E-state index contributed by atoms with van der Waals surface area (Å²) in [5.74, 6) is -1.03. The van der Waals surface area contributed by atoms with Crippen molar-refractivity contribution in [1.82, 2.24) is 4.98 Å². The summed E-state index contributed by atoms with van der Waals surface area (Å²) in [6.45, 7) is 0. The number of nitrogens with two attached hydrogens (primary N) is 1. The molecule has 0 atom stereocenters. The van der Waals surface area contributed by atoms with Crippen LogP contribution in [0.4, 0.5) is 10.1 Å². The summed E-state index contributed by atoms with van der Waals surface area (Å²) in [5, 5.41) is 2.64. The van der Waals surface area contributed by atoms with Crippen LogP contribution >= 0.6 is 28.1 Å². The minimum absolute atomic E-state index is 0.135. The molecule has 3 N–H and O–H groups in total. The summed E-state index contributed by atoms with van der Waals surface area (Å²) in [4.78, 5) is 15.8. The van der Waals surface area contributed by atoms with Crippen molar-refractivity contribution in [3.05, 3.63) is 58.1 Å². The van der Waals surface area contributed by atoms with Crippen LogP contribution < -0.4 is 11.1 Å². The fraction of sp³-hybridized carbons (Fsp3) is 0. The van der Waals surface area contributed by atoms with E-state index in [0.717, 1.165) is 12.3 Å². The highest BCUT2D eigenvalue weighted by atomic mass is 79.9. The minimum Gasteiger partial charge on any atom is -0.389 e.